The third-order valence-corrected chi connectivity index (χ3v) is 1.84. The Hall–Kier alpha value is -0.0400. The fourth-order valence-corrected chi connectivity index (χ4v) is 1.12. The molecule has 1 unspecified atom stereocenters. The molecule has 1 heteroatoms. The van der Waals surface area contributed by atoms with Crippen LogP contribution in [0.25, 0.3) is 0 Å². The molecular weight excluding hydrogens is 110 g/mol. The smallest absolute Gasteiger partial charge is 0.0187 e. The van der Waals surface area contributed by atoms with Gasteiger partial charge in [0.2, 0.25) is 0 Å². The van der Waals surface area contributed by atoms with Crippen LogP contribution in [0, 0.1) is 5.92 Å². The average molecular weight is 128 g/mol. The second-order valence-corrected chi connectivity index (χ2v) is 2.82. The summed E-state index contributed by atoms with van der Waals surface area (Å²) in [6.45, 7) is 6.38. The molecule has 0 saturated carbocycles. The lowest BCUT2D eigenvalue weighted by Crippen LogP contribution is -2.09. The zero-order valence-corrected chi connectivity index (χ0v) is 6.78. The molecule has 0 aliphatic rings. The molecule has 0 aromatic heterocycles. The van der Waals surface area contributed by atoms with Crippen LogP contribution in [-0.2, 0) is 0 Å². The highest BCUT2D eigenvalue weighted by Gasteiger charge is 2.05. The van der Waals surface area contributed by atoms with E-state index in [1.165, 1.54) is 12.8 Å². The Morgan fingerprint density at radius 3 is 1.78 bits per heavy atom. The van der Waals surface area contributed by atoms with Gasteiger partial charge in [-0.3, -0.25) is 5.73 Å². The van der Waals surface area contributed by atoms with Crippen molar-refractivity contribution in [3.8, 4) is 0 Å². The Labute approximate surface area is 58.6 Å². The summed E-state index contributed by atoms with van der Waals surface area (Å²) in [7, 11) is 0. The van der Waals surface area contributed by atoms with E-state index in [9.17, 15) is 0 Å². The van der Waals surface area contributed by atoms with Crippen LogP contribution in [0.2, 0.25) is 0 Å². The van der Waals surface area contributed by atoms with Gasteiger partial charge in [0.1, 0.15) is 0 Å². The van der Waals surface area contributed by atoms with Crippen LogP contribution in [0.3, 0.4) is 0 Å². The quantitative estimate of drug-likeness (QED) is 0.555. The highest BCUT2D eigenvalue weighted by molar-refractivity contribution is 4.60. The minimum Gasteiger partial charge on any atom is -0.255 e. The first-order valence-electron chi connectivity index (χ1n) is 3.91. The molecule has 1 nitrogen and oxygen atoms in total. The van der Waals surface area contributed by atoms with Crippen molar-refractivity contribution in [1.29, 1.82) is 0 Å². The minimum absolute atomic E-state index is 0.134. The third-order valence-electron chi connectivity index (χ3n) is 1.84. The van der Waals surface area contributed by atoms with Gasteiger partial charge in [0.05, 0.1) is 0 Å². The van der Waals surface area contributed by atoms with Crippen molar-refractivity contribution in [2.45, 2.75) is 46.1 Å². The standard InChI is InChI=1S/C8H18N/c1-4-8(5-2)6-7(3)9/h7-9H,4-6H2,1-3H3. The molecule has 0 rings (SSSR count). The predicted molar refractivity (Wildman–Crippen MR) is 41.2 cm³/mol. The zero-order chi connectivity index (χ0) is 7.28. The Balaban J connectivity index is 3.31. The first-order valence-corrected chi connectivity index (χ1v) is 3.91. The summed E-state index contributed by atoms with van der Waals surface area (Å²) in [5.74, 6) is 0.789. The molecule has 0 aromatic carbocycles. The summed E-state index contributed by atoms with van der Waals surface area (Å²) in [6.07, 6.45) is 3.55. The predicted octanol–water partition coefficient (Wildman–Crippen LogP) is 2.48. The summed E-state index contributed by atoms with van der Waals surface area (Å²) in [5, 5.41) is 0. The fraction of sp³-hybridized carbons (Fsp3) is 1.00. The number of hydrogen-bond acceptors (Lipinski definition) is 0. The van der Waals surface area contributed by atoms with E-state index >= 15 is 0 Å². The molecule has 9 heavy (non-hydrogen) atoms. The Kier molecular flexibility index (Phi) is 4.78. The van der Waals surface area contributed by atoms with Crippen molar-refractivity contribution in [3.63, 3.8) is 0 Å². The average Bonchev–Trinajstić information content (AvgIpc) is 1.82. The monoisotopic (exact) mass is 128 g/mol. The van der Waals surface area contributed by atoms with E-state index in [4.69, 9.17) is 5.73 Å². The van der Waals surface area contributed by atoms with Crippen molar-refractivity contribution >= 4 is 0 Å². The highest BCUT2D eigenvalue weighted by atomic mass is 14.6. The highest BCUT2D eigenvalue weighted by Crippen LogP contribution is 2.13. The number of nitrogens with one attached hydrogen (secondary N) is 1. The van der Waals surface area contributed by atoms with Crippen molar-refractivity contribution in [1.82, 2.24) is 5.73 Å². The molecule has 0 aromatic rings. The lowest BCUT2D eigenvalue weighted by atomic mass is 9.96. The molecule has 55 valence electrons. The number of hydrogen-bond donors (Lipinski definition) is 0. The SMILES string of the molecule is CCC(CC)CC(C)[NH]. The third kappa shape index (κ3) is 4.46. The van der Waals surface area contributed by atoms with Gasteiger partial charge in [0.25, 0.3) is 0 Å². The Morgan fingerprint density at radius 2 is 1.67 bits per heavy atom. The molecular formula is C8H18N. The summed E-state index contributed by atoms with van der Waals surface area (Å²) < 4.78 is 0. The van der Waals surface area contributed by atoms with Crippen LogP contribution in [0.4, 0.5) is 0 Å². The van der Waals surface area contributed by atoms with E-state index < -0.39 is 0 Å². The second-order valence-electron chi connectivity index (χ2n) is 2.82. The second kappa shape index (κ2) is 4.80. The molecule has 0 bridgehead atoms. The van der Waals surface area contributed by atoms with Gasteiger partial charge in [0.15, 0.2) is 0 Å². The van der Waals surface area contributed by atoms with E-state index in [-0.39, 0.29) is 6.04 Å². The molecule has 0 spiro atoms. The van der Waals surface area contributed by atoms with Crippen LogP contribution in [0.1, 0.15) is 40.0 Å². The van der Waals surface area contributed by atoms with E-state index in [2.05, 4.69) is 13.8 Å². The summed E-state index contributed by atoms with van der Waals surface area (Å²) >= 11 is 0. The van der Waals surface area contributed by atoms with Crippen molar-refractivity contribution in [2.24, 2.45) is 5.92 Å². The largest absolute Gasteiger partial charge is 0.255 e. The van der Waals surface area contributed by atoms with E-state index in [1.54, 1.807) is 0 Å². The van der Waals surface area contributed by atoms with Crippen LogP contribution in [0.15, 0.2) is 0 Å². The zero-order valence-electron chi connectivity index (χ0n) is 6.78. The van der Waals surface area contributed by atoms with Crippen molar-refractivity contribution < 1.29 is 0 Å². The molecule has 0 aliphatic carbocycles. The van der Waals surface area contributed by atoms with Gasteiger partial charge in [-0.25, -0.2) is 0 Å². The molecule has 0 aliphatic heterocycles. The Bertz CT molecular complexity index is 55.6. The maximum absolute atomic E-state index is 7.31. The van der Waals surface area contributed by atoms with Crippen LogP contribution in [0.5, 0.6) is 0 Å². The van der Waals surface area contributed by atoms with E-state index in [0.717, 1.165) is 12.3 Å². The first-order chi connectivity index (χ1) is 4.20. The summed E-state index contributed by atoms with van der Waals surface area (Å²) in [6, 6.07) is 0.134. The van der Waals surface area contributed by atoms with Gasteiger partial charge in [-0.05, 0) is 19.3 Å². The number of rotatable bonds is 4. The molecule has 0 saturated heterocycles. The molecule has 0 amide bonds. The lowest BCUT2D eigenvalue weighted by Gasteiger charge is -2.13. The summed E-state index contributed by atoms with van der Waals surface area (Å²) in [4.78, 5) is 0. The van der Waals surface area contributed by atoms with Gasteiger partial charge < -0.3 is 0 Å². The molecule has 1 radical (unpaired) electrons. The lowest BCUT2D eigenvalue weighted by molar-refractivity contribution is 0.416. The normalized spacial score (nSPS) is 14.3. The molecule has 1 N–H and O–H groups in total. The van der Waals surface area contributed by atoms with E-state index in [1.807, 2.05) is 6.92 Å². The van der Waals surface area contributed by atoms with Crippen molar-refractivity contribution in [3.05, 3.63) is 0 Å². The van der Waals surface area contributed by atoms with Crippen molar-refractivity contribution in [2.75, 3.05) is 0 Å². The fourth-order valence-electron chi connectivity index (χ4n) is 1.12. The molecule has 1 atom stereocenters. The van der Waals surface area contributed by atoms with E-state index in [0.29, 0.717) is 0 Å². The summed E-state index contributed by atoms with van der Waals surface area (Å²) in [5.41, 5.74) is 7.31. The Morgan fingerprint density at radius 1 is 1.22 bits per heavy atom. The van der Waals surface area contributed by atoms with Crippen LogP contribution >= 0.6 is 0 Å². The van der Waals surface area contributed by atoms with Crippen LogP contribution in [-0.4, -0.2) is 6.04 Å². The molecule has 0 fully saturated rings. The molecule has 0 heterocycles. The van der Waals surface area contributed by atoms with Gasteiger partial charge >= 0.3 is 0 Å². The van der Waals surface area contributed by atoms with Gasteiger partial charge in [-0.2, -0.15) is 0 Å². The maximum Gasteiger partial charge on any atom is 0.0187 e. The maximum atomic E-state index is 7.31. The first kappa shape index (κ1) is 8.96. The van der Waals surface area contributed by atoms with Gasteiger partial charge in [0, 0.05) is 6.04 Å². The topological polar surface area (TPSA) is 23.8 Å². The minimum atomic E-state index is 0.134. The van der Waals surface area contributed by atoms with Crippen LogP contribution < -0.4 is 5.73 Å². The van der Waals surface area contributed by atoms with Gasteiger partial charge in [-0.15, -0.1) is 0 Å². The van der Waals surface area contributed by atoms with Gasteiger partial charge in [-0.1, -0.05) is 26.7 Å².